The van der Waals surface area contributed by atoms with Crippen molar-refractivity contribution in [2.24, 2.45) is 0 Å². The third-order valence-electron chi connectivity index (χ3n) is 2.41. The quantitative estimate of drug-likeness (QED) is 0.805. The molecule has 0 aromatic heterocycles. The Hall–Kier alpha value is -1.67. The molecule has 3 heteroatoms. The molecule has 0 aliphatic carbocycles. The summed E-state index contributed by atoms with van der Waals surface area (Å²) in [5, 5.41) is 0.635. The minimum Gasteiger partial charge on any atom is -0.496 e. The summed E-state index contributed by atoms with van der Waals surface area (Å²) in [6, 6.07) is 13.2. The van der Waals surface area contributed by atoms with Crippen molar-refractivity contribution >= 4 is 17.3 Å². The molecule has 0 amide bonds. The Morgan fingerprint density at radius 1 is 1.06 bits per heavy atom. The van der Waals surface area contributed by atoms with E-state index in [0.717, 1.165) is 16.9 Å². The van der Waals surface area contributed by atoms with Crippen LogP contribution in [0.5, 0.6) is 5.75 Å². The fourth-order valence-electron chi connectivity index (χ4n) is 1.65. The fraction of sp³-hybridized carbons (Fsp3) is 0.0769. The Bertz CT molecular complexity index is 511. The van der Waals surface area contributed by atoms with E-state index in [-0.39, 0.29) is 0 Å². The zero-order chi connectivity index (χ0) is 11.5. The molecule has 0 spiro atoms. The summed E-state index contributed by atoms with van der Waals surface area (Å²) in [6.07, 6.45) is 0. The number of anilines is 1. The zero-order valence-corrected chi connectivity index (χ0v) is 9.66. The summed E-state index contributed by atoms with van der Waals surface area (Å²) < 4.78 is 5.30. The summed E-state index contributed by atoms with van der Waals surface area (Å²) in [5.41, 5.74) is 8.49. The van der Waals surface area contributed by atoms with Crippen molar-refractivity contribution in [2.75, 3.05) is 12.8 Å². The zero-order valence-electron chi connectivity index (χ0n) is 8.91. The highest BCUT2D eigenvalue weighted by atomic mass is 35.5. The lowest BCUT2D eigenvalue weighted by molar-refractivity contribution is 0.416. The number of hydrogen-bond acceptors (Lipinski definition) is 2. The van der Waals surface area contributed by atoms with Gasteiger partial charge >= 0.3 is 0 Å². The first-order valence-corrected chi connectivity index (χ1v) is 5.28. The van der Waals surface area contributed by atoms with Crippen LogP contribution >= 0.6 is 11.6 Å². The van der Waals surface area contributed by atoms with Crippen molar-refractivity contribution in [3.63, 3.8) is 0 Å². The van der Waals surface area contributed by atoms with Gasteiger partial charge in [0.05, 0.1) is 7.11 Å². The number of nitrogens with two attached hydrogens (primary N) is 1. The third kappa shape index (κ3) is 1.97. The number of rotatable bonds is 2. The van der Waals surface area contributed by atoms with Crippen LogP contribution in [0, 0.1) is 0 Å². The van der Waals surface area contributed by atoms with Gasteiger partial charge in [-0.25, -0.2) is 0 Å². The summed E-state index contributed by atoms with van der Waals surface area (Å²) in [7, 11) is 1.64. The average Bonchev–Trinajstić information content (AvgIpc) is 2.29. The van der Waals surface area contributed by atoms with Crippen LogP contribution in [0.3, 0.4) is 0 Å². The van der Waals surface area contributed by atoms with Gasteiger partial charge in [0.1, 0.15) is 5.75 Å². The van der Waals surface area contributed by atoms with Gasteiger partial charge in [-0.15, -0.1) is 0 Å². The Kier molecular flexibility index (Phi) is 3.02. The predicted molar refractivity (Wildman–Crippen MR) is 67.9 cm³/mol. The maximum Gasteiger partial charge on any atom is 0.126 e. The minimum atomic E-state index is 0.635. The highest BCUT2D eigenvalue weighted by Crippen LogP contribution is 2.34. The van der Waals surface area contributed by atoms with E-state index in [1.165, 1.54) is 0 Å². The molecule has 0 fully saturated rings. The van der Waals surface area contributed by atoms with E-state index in [1.54, 1.807) is 13.2 Å². The van der Waals surface area contributed by atoms with Crippen LogP contribution in [0.4, 0.5) is 5.69 Å². The van der Waals surface area contributed by atoms with Gasteiger partial charge in [-0.2, -0.15) is 0 Å². The van der Waals surface area contributed by atoms with Gasteiger partial charge in [0.2, 0.25) is 0 Å². The van der Waals surface area contributed by atoms with E-state index in [4.69, 9.17) is 22.1 Å². The van der Waals surface area contributed by atoms with Gasteiger partial charge in [-0.1, -0.05) is 35.9 Å². The van der Waals surface area contributed by atoms with Crippen molar-refractivity contribution in [2.45, 2.75) is 0 Å². The van der Waals surface area contributed by atoms with Crippen LogP contribution in [0.1, 0.15) is 0 Å². The number of methoxy groups -OCH3 is 1. The molecule has 2 rings (SSSR count). The lowest BCUT2D eigenvalue weighted by Crippen LogP contribution is -1.92. The van der Waals surface area contributed by atoms with Crippen LogP contribution in [0.15, 0.2) is 42.5 Å². The van der Waals surface area contributed by atoms with Crippen molar-refractivity contribution in [1.29, 1.82) is 0 Å². The molecular formula is C13H12ClNO. The molecule has 0 aliphatic rings. The minimum absolute atomic E-state index is 0.635. The van der Waals surface area contributed by atoms with Crippen molar-refractivity contribution in [1.82, 2.24) is 0 Å². The molecule has 0 saturated heterocycles. The van der Waals surface area contributed by atoms with Gasteiger partial charge in [-0.05, 0) is 18.2 Å². The second kappa shape index (κ2) is 4.45. The van der Waals surface area contributed by atoms with Crippen LogP contribution in [-0.4, -0.2) is 7.11 Å². The molecule has 0 bridgehead atoms. The molecule has 16 heavy (non-hydrogen) atoms. The maximum absolute atomic E-state index is 5.94. The normalized spacial score (nSPS) is 10.1. The number of nitrogen functional groups attached to an aromatic ring is 1. The fourth-order valence-corrected chi connectivity index (χ4v) is 1.83. The summed E-state index contributed by atoms with van der Waals surface area (Å²) in [6.45, 7) is 0. The van der Waals surface area contributed by atoms with E-state index >= 15 is 0 Å². The number of ether oxygens (including phenoxy) is 1. The Morgan fingerprint density at radius 3 is 2.50 bits per heavy atom. The summed E-state index contributed by atoms with van der Waals surface area (Å²) >= 11 is 5.87. The molecule has 0 atom stereocenters. The molecule has 2 aromatic rings. The van der Waals surface area contributed by atoms with Crippen LogP contribution < -0.4 is 10.5 Å². The van der Waals surface area contributed by atoms with Gasteiger partial charge in [0.15, 0.2) is 0 Å². The van der Waals surface area contributed by atoms with Crippen LogP contribution in [-0.2, 0) is 0 Å². The van der Waals surface area contributed by atoms with Gasteiger partial charge in [0, 0.05) is 21.8 Å². The van der Waals surface area contributed by atoms with E-state index < -0.39 is 0 Å². The van der Waals surface area contributed by atoms with Crippen molar-refractivity contribution in [3.05, 3.63) is 47.5 Å². The first-order valence-electron chi connectivity index (χ1n) is 4.91. The van der Waals surface area contributed by atoms with E-state index in [9.17, 15) is 0 Å². The monoisotopic (exact) mass is 233 g/mol. The smallest absolute Gasteiger partial charge is 0.126 e. The lowest BCUT2D eigenvalue weighted by atomic mass is 10.0. The number of para-hydroxylation sites is 1. The Morgan fingerprint density at radius 2 is 1.81 bits per heavy atom. The molecular weight excluding hydrogens is 222 g/mol. The summed E-state index contributed by atoms with van der Waals surface area (Å²) in [5.74, 6) is 0.802. The largest absolute Gasteiger partial charge is 0.496 e. The van der Waals surface area contributed by atoms with Crippen molar-refractivity contribution < 1.29 is 4.74 Å². The van der Waals surface area contributed by atoms with E-state index in [1.807, 2.05) is 36.4 Å². The Labute approximate surface area is 99.6 Å². The topological polar surface area (TPSA) is 35.2 Å². The number of halogens is 1. The molecule has 0 unspecified atom stereocenters. The molecule has 0 aliphatic heterocycles. The molecule has 2 N–H and O–H groups in total. The number of hydrogen-bond donors (Lipinski definition) is 1. The predicted octanol–water partition coefficient (Wildman–Crippen LogP) is 3.60. The standard InChI is InChI=1S/C13H12ClNO/c1-16-13-5-3-2-4-11(13)10-7-6-9(14)8-12(10)15/h2-8H,15H2,1H3. The first kappa shape index (κ1) is 10.8. The highest BCUT2D eigenvalue weighted by Gasteiger charge is 2.07. The molecule has 2 nitrogen and oxygen atoms in total. The summed E-state index contributed by atoms with van der Waals surface area (Å²) in [4.78, 5) is 0. The Balaban J connectivity index is 2.58. The van der Waals surface area contributed by atoms with Crippen molar-refractivity contribution in [3.8, 4) is 16.9 Å². The average molecular weight is 234 g/mol. The molecule has 0 saturated carbocycles. The van der Waals surface area contributed by atoms with E-state index in [2.05, 4.69) is 0 Å². The maximum atomic E-state index is 5.94. The molecule has 82 valence electrons. The van der Waals surface area contributed by atoms with E-state index in [0.29, 0.717) is 10.7 Å². The third-order valence-corrected chi connectivity index (χ3v) is 2.65. The second-order valence-electron chi connectivity index (χ2n) is 3.43. The SMILES string of the molecule is COc1ccccc1-c1ccc(Cl)cc1N. The second-order valence-corrected chi connectivity index (χ2v) is 3.87. The van der Waals surface area contributed by atoms with Crippen LogP contribution in [0.25, 0.3) is 11.1 Å². The molecule has 0 heterocycles. The number of benzene rings is 2. The van der Waals surface area contributed by atoms with Crippen LogP contribution in [0.2, 0.25) is 5.02 Å². The first-order chi connectivity index (χ1) is 7.72. The highest BCUT2D eigenvalue weighted by molar-refractivity contribution is 6.31. The van der Waals surface area contributed by atoms with Gasteiger partial charge in [-0.3, -0.25) is 0 Å². The van der Waals surface area contributed by atoms with Gasteiger partial charge in [0.25, 0.3) is 0 Å². The van der Waals surface area contributed by atoms with Gasteiger partial charge < -0.3 is 10.5 Å². The molecule has 0 radical (unpaired) electrons. The lowest BCUT2D eigenvalue weighted by Gasteiger charge is -2.10. The molecule has 2 aromatic carbocycles.